The average Bonchev–Trinajstić information content (AvgIpc) is 2.17. The summed E-state index contributed by atoms with van der Waals surface area (Å²) in [7, 11) is 3.20. The lowest BCUT2D eigenvalue weighted by Crippen LogP contribution is -1.94. The first kappa shape index (κ1) is 10.2. The van der Waals surface area contributed by atoms with Crippen LogP contribution in [0.1, 0.15) is 12.5 Å². The van der Waals surface area contributed by atoms with Crippen LogP contribution in [0.4, 0.5) is 0 Å². The highest BCUT2D eigenvalue weighted by molar-refractivity contribution is 6.33. The van der Waals surface area contributed by atoms with Gasteiger partial charge in [-0.15, -0.1) is 0 Å². The lowest BCUT2D eigenvalue weighted by Gasteiger charge is -2.11. The van der Waals surface area contributed by atoms with Gasteiger partial charge < -0.3 is 9.47 Å². The molecule has 0 bridgehead atoms. The quantitative estimate of drug-likeness (QED) is 0.747. The van der Waals surface area contributed by atoms with Crippen LogP contribution in [0.2, 0.25) is 5.02 Å². The minimum absolute atomic E-state index is 0.546. The molecule has 0 amide bonds. The highest BCUT2D eigenvalue weighted by Gasteiger charge is 2.10. The van der Waals surface area contributed by atoms with E-state index < -0.39 is 0 Å². The first-order valence-electron chi connectivity index (χ1n) is 4.14. The second kappa shape index (κ2) is 4.38. The van der Waals surface area contributed by atoms with Gasteiger partial charge in [-0.2, -0.15) is 0 Å². The highest BCUT2D eigenvalue weighted by Crippen LogP contribution is 2.36. The van der Waals surface area contributed by atoms with Gasteiger partial charge >= 0.3 is 0 Å². The third-order valence-electron chi connectivity index (χ3n) is 1.95. The van der Waals surface area contributed by atoms with E-state index in [1.54, 1.807) is 14.2 Å². The number of methoxy groups -OCH3 is 2. The summed E-state index contributed by atoms with van der Waals surface area (Å²) in [4.78, 5) is 0. The molecule has 1 aromatic rings. The summed E-state index contributed by atoms with van der Waals surface area (Å²) >= 11 is 6.04. The maximum Gasteiger partial charge on any atom is 0.144 e. The molecule has 0 saturated heterocycles. The molecule has 0 aromatic heterocycles. The third kappa shape index (κ3) is 1.89. The SMILES string of the molecule is CCc1ccc(OC)c(Cl)c1OC. The zero-order valence-corrected chi connectivity index (χ0v) is 8.81. The highest BCUT2D eigenvalue weighted by atomic mass is 35.5. The first-order valence-corrected chi connectivity index (χ1v) is 4.51. The summed E-state index contributed by atoms with van der Waals surface area (Å²) in [6.45, 7) is 2.06. The molecule has 0 radical (unpaired) electrons. The van der Waals surface area contributed by atoms with E-state index in [0.717, 1.165) is 12.0 Å². The van der Waals surface area contributed by atoms with Crippen LogP contribution in [0.25, 0.3) is 0 Å². The van der Waals surface area contributed by atoms with Crippen LogP contribution in [-0.4, -0.2) is 14.2 Å². The number of benzene rings is 1. The van der Waals surface area contributed by atoms with Crippen LogP contribution < -0.4 is 9.47 Å². The van der Waals surface area contributed by atoms with Crippen LogP contribution >= 0.6 is 11.6 Å². The van der Waals surface area contributed by atoms with Crippen LogP contribution in [-0.2, 0) is 6.42 Å². The van der Waals surface area contributed by atoms with E-state index in [2.05, 4.69) is 6.92 Å². The largest absolute Gasteiger partial charge is 0.495 e. The molecule has 72 valence electrons. The van der Waals surface area contributed by atoms with Crippen molar-refractivity contribution >= 4 is 11.6 Å². The predicted molar refractivity (Wildman–Crippen MR) is 53.9 cm³/mol. The first-order chi connectivity index (χ1) is 6.24. The minimum atomic E-state index is 0.546. The summed E-state index contributed by atoms with van der Waals surface area (Å²) in [5, 5.41) is 0.546. The topological polar surface area (TPSA) is 18.5 Å². The average molecular weight is 201 g/mol. The van der Waals surface area contributed by atoms with Crippen molar-refractivity contribution in [3.8, 4) is 11.5 Å². The number of halogens is 1. The molecule has 0 saturated carbocycles. The van der Waals surface area contributed by atoms with Gasteiger partial charge in [0.15, 0.2) is 0 Å². The molecule has 13 heavy (non-hydrogen) atoms. The van der Waals surface area contributed by atoms with Gasteiger partial charge in [-0.05, 0) is 18.1 Å². The molecule has 2 nitrogen and oxygen atoms in total. The van der Waals surface area contributed by atoms with Crippen molar-refractivity contribution < 1.29 is 9.47 Å². The normalized spacial score (nSPS) is 9.85. The van der Waals surface area contributed by atoms with Gasteiger partial charge in [0, 0.05) is 0 Å². The lowest BCUT2D eigenvalue weighted by molar-refractivity contribution is 0.392. The van der Waals surface area contributed by atoms with Crippen molar-refractivity contribution in [2.45, 2.75) is 13.3 Å². The van der Waals surface area contributed by atoms with Crippen molar-refractivity contribution in [1.82, 2.24) is 0 Å². The Morgan fingerprint density at radius 1 is 1.23 bits per heavy atom. The second-order valence-electron chi connectivity index (χ2n) is 2.63. The van der Waals surface area contributed by atoms with E-state index in [1.807, 2.05) is 12.1 Å². The van der Waals surface area contributed by atoms with Crippen molar-refractivity contribution in [2.24, 2.45) is 0 Å². The molecule has 1 aromatic carbocycles. The monoisotopic (exact) mass is 200 g/mol. The minimum Gasteiger partial charge on any atom is -0.495 e. The Kier molecular flexibility index (Phi) is 3.43. The predicted octanol–water partition coefficient (Wildman–Crippen LogP) is 2.92. The summed E-state index contributed by atoms with van der Waals surface area (Å²) in [6.07, 6.45) is 0.896. The van der Waals surface area contributed by atoms with E-state index in [4.69, 9.17) is 21.1 Å². The number of ether oxygens (including phenoxy) is 2. The fourth-order valence-electron chi connectivity index (χ4n) is 1.23. The van der Waals surface area contributed by atoms with Gasteiger partial charge in [0.2, 0.25) is 0 Å². The second-order valence-corrected chi connectivity index (χ2v) is 3.01. The molecular weight excluding hydrogens is 188 g/mol. The molecule has 1 rings (SSSR count). The van der Waals surface area contributed by atoms with E-state index in [1.165, 1.54) is 0 Å². The fourth-order valence-corrected chi connectivity index (χ4v) is 1.57. The molecular formula is C10H13ClO2. The smallest absolute Gasteiger partial charge is 0.144 e. The molecule has 3 heteroatoms. The van der Waals surface area contributed by atoms with Gasteiger partial charge in [-0.25, -0.2) is 0 Å². The fraction of sp³-hybridized carbons (Fsp3) is 0.400. The van der Waals surface area contributed by atoms with E-state index in [-0.39, 0.29) is 0 Å². The number of aryl methyl sites for hydroxylation is 1. The lowest BCUT2D eigenvalue weighted by atomic mass is 10.1. The maximum absolute atomic E-state index is 6.04. The number of hydrogen-bond donors (Lipinski definition) is 0. The molecule has 0 N–H and O–H groups in total. The Balaban J connectivity index is 3.23. The van der Waals surface area contributed by atoms with Crippen LogP contribution in [0.3, 0.4) is 0 Å². The summed E-state index contributed by atoms with van der Waals surface area (Å²) in [5.41, 5.74) is 1.09. The Morgan fingerprint density at radius 2 is 1.92 bits per heavy atom. The third-order valence-corrected chi connectivity index (χ3v) is 2.31. The molecule has 0 aliphatic heterocycles. The van der Waals surface area contributed by atoms with E-state index in [0.29, 0.717) is 16.5 Å². The molecule has 0 aliphatic rings. The Morgan fingerprint density at radius 3 is 2.38 bits per heavy atom. The summed E-state index contributed by atoms with van der Waals surface area (Å²) in [5.74, 6) is 1.36. The van der Waals surface area contributed by atoms with E-state index >= 15 is 0 Å². The zero-order valence-electron chi connectivity index (χ0n) is 8.06. The molecule has 0 heterocycles. The summed E-state index contributed by atoms with van der Waals surface area (Å²) < 4.78 is 10.3. The summed E-state index contributed by atoms with van der Waals surface area (Å²) in [6, 6.07) is 3.81. The van der Waals surface area contributed by atoms with Gasteiger partial charge in [-0.1, -0.05) is 24.6 Å². The molecule has 0 fully saturated rings. The number of rotatable bonds is 3. The van der Waals surface area contributed by atoms with Crippen molar-refractivity contribution in [3.63, 3.8) is 0 Å². The van der Waals surface area contributed by atoms with Crippen LogP contribution in [0.5, 0.6) is 11.5 Å². The molecule has 0 spiro atoms. The molecule has 0 unspecified atom stereocenters. The van der Waals surface area contributed by atoms with Crippen molar-refractivity contribution in [3.05, 3.63) is 22.7 Å². The Labute approximate surface area is 83.4 Å². The standard InChI is InChI=1S/C10H13ClO2/c1-4-7-5-6-8(12-2)9(11)10(7)13-3/h5-6H,4H2,1-3H3. The molecule has 0 aliphatic carbocycles. The van der Waals surface area contributed by atoms with Gasteiger partial charge in [0.05, 0.1) is 14.2 Å². The van der Waals surface area contributed by atoms with E-state index in [9.17, 15) is 0 Å². The van der Waals surface area contributed by atoms with Gasteiger partial charge in [0.25, 0.3) is 0 Å². The van der Waals surface area contributed by atoms with Crippen molar-refractivity contribution in [1.29, 1.82) is 0 Å². The van der Waals surface area contributed by atoms with Gasteiger partial charge in [0.1, 0.15) is 16.5 Å². The number of hydrogen-bond acceptors (Lipinski definition) is 2. The zero-order chi connectivity index (χ0) is 9.84. The Hall–Kier alpha value is -0.890. The van der Waals surface area contributed by atoms with Crippen LogP contribution in [0.15, 0.2) is 12.1 Å². The van der Waals surface area contributed by atoms with Crippen LogP contribution in [0, 0.1) is 0 Å². The Bertz CT molecular complexity index is 297. The molecule has 0 atom stereocenters. The maximum atomic E-state index is 6.04. The van der Waals surface area contributed by atoms with Gasteiger partial charge in [-0.3, -0.25) is 0 Å². The van der Waals surface area contributed by atoms with Crippen molar-refractivity contribution in [2.75, 3.05) is 14.2 Å².